The Hall–Kier alpha value is -1.74. The lowest BCUT2D eigenvalue weighted by atomic mass is 9.90. The Labute approximate surface area is 104 Å². The number of nitriles is 2. The van der Waals surface area contributed by atoms with Crippen LogP contribution in [-0.2, 0) is 4.74 Å². The third-order valence-electron chi connectivity index (χ3n) is 2.28. The molecular formula is C10H8F6N2O. The largest absolute Gasteiger partial charge is 0.405 e. The van der Waals surface area contributed by atoms with E-state index in [-0.39, 0.29) is 12.5 Å². The van der Waals surface area contributed by atoms with Crippen molar-refractivity contribution in [3.05, 3.63) is 11.6 Å². The molecule has 0 spiro atoms. The molecule has 0 aromatic carbocycles. The van der Waals surface area contributed by atoms with Gasteiger partial charge in [-0.05, 0) is 6.92 Å². The van der Waals surface area contributed by atoms with Gasteiger partial charge in [0.1, 0.15) is 0 Å². The highest BCUT2D eigenvalue weighted by atomic mass is 19.4. The van der Waals surface area contributed by atoms with E-state index in [9.17, 15) is 26.3 Å². The maximum Gasteiger partial charge on any atom is 0.405 e. The molecule has 9 heteroatoms. The second kappa shape index (κ2) is 5.93. The maximum absolute atomic E-state index is 12.4. The number of ether oxygens (including phenoxy) is 1. The summed E-state index contributed by atoms with van der Waals surface area (Å²) in [7, 11) is 0. The highest BCUT2D eigenvalue weighted by molar-refractivity contribution is 5.26. The van der Waals surface area contributed by atoms with Crippen LogP contribution in [0.3, 0.4) is 0 Å². The SMILES string of the molecule is CC(COC/C(C#N)=C/C#N)(C(F)(F)F)C(F)(F)F. The summed E-state index contributed by atoms with van der Waals surface area (Å²) in [6.45, 7) is -2.52. The number of alkyl halides is 6. The molecule has 3 nitrogen and oxygen atoms in total. The first-order valence-electron chi connectivity index (χ1n) is 4.69. The van der Waals surface area contributed by atoms with Gasteiger partial charge in [-0.25, -0.2) is 0 Å². The highest BCUT2D eigenvalue weighted by Crippen LogP contribution is 2.50. The molecule has 0 rings (SSSR count). The van der Waals surface area contributed by atoms with E-state index in [0.29, 0.717) is 6.08 Å². The van der Waals surface area contributed by atoms with Gasteiger partial charge in [-0.2, -0.15) is 36.9 Å². The van der Waals surface area contributed by atoms with E-state index in [2.05, 4.69) is 4.74 Å². The van der Waals surface area contributed by atoms with Crippen LogP contribution in [0.15, 0.2) is 11.6 Å². The molecule has 0 amide bonds. The van der Waals surface area contributed by atoms with Crippen molar-refractivity contribution in [2.24, 2.45) is 5.41 Å². The minimum Gasteiger partial charge on any atom is -0.375 e. The second-order valence-corrected chi connectivity index (χ2v) is 3.73. The zero-order chi connectivity index (χ0) is 15.3. The topological polar surface area (TPSA) is 56.8 Å². The summed E-state index contributed by atoms with van der Waals surface area (Å²) < 4.78 is 78.8. The Kier molecular flexibility index (Phi) is 5.39. The van der Waals surface area contributed by atoms with Gasteiger partial charge >= 0.3 is 12.4 Å². The van der Waals surface area contributed by atoms with E-state index in [4.69, 9.17) is 10.5 Å². The molecule has 0 heterocycles. The van der Waals surface area contributed by atoms with Crippen molar-refractivity contribution in [3.63, 3.8) is 0 Å². The molecule has 0 saturated carbocycles. The molecule has 0 aliphatic heterocycles. The van der Waals surface area contributed by atoms with Crippen molar-refractivity contribution >= 4 is 0 Å². The van der Waals surface area contributed by atoms with Crippen molar-refractivity contribution < 1.29 is 31.1 Å². The van der Waals surface area contributed by atoms with Gasteiger partial charge in [0, 0.05) is 6.08 Å². The molecule has 0 aromatic heterocycles. The first-order valence-corrected chi connectivity index (χ1v) is 4.69. The van der Waals surface area contributed by atoms with Crippen LogP contribution in [0.25, 0.3) is 0 Å². The summed E-state index contributed by atoms with van der Waals surface area (Å²) in [5.41, 5.74) is -4.40. The van der Waals surface area contributed by atoms with Gasteiger partial charge in [-0.1, -0.05) is 0 Å². The Bertz CT molecular complexity index is 409. The standard InChI is InChI=1S/C10H8F6N2O/c1-8(9(11,12)13,10(14,15)16)6-19-5-7(4-18)2-3-17/h2H,5-6H2,1H3/b7-2+. The van der Waals surface area contributed by atoms with Crippen molar-refractivity contribution in [1.82, 2.24) is 0 Å². The normalized spacial score (nSPS) is 13.8. The minimum absolute atomic E-state index is 0.0347. The van der Waals surface area contributed by atoms with Crippen LogP contribution in [0.4, 0.5) is 26.3 Å². The van der Waals surface area contributed by atoms with Gasteiger partial charge in [0.05, 0.1) is 30.9 Å². The molecule has 0 aliphatic rings. The van der Waals surface area contributed by atoms with Gasteiger partial charge in [-0.15, -0.1) is 0 Å². The summed E-state index contributed by atoms with van der Waals surface area (Å²) in [4.78, 5) is 0. The molecule has 0 unspecified atom stereocenters. The zero-order valence-corrected chi connectivity index (χ0v) is 9.56. The number of allylic oxidation sites excluding steroid dienone is 1. The Balaban J connectivity index is 4.89. The third-order valence-corrected chi connectivity index (χ3v) is 2.28. The molecule has 0 aliphatic carbocycles. The molecule has 0 aromatic rings. The van der Waals surface area contributed by atoms with Crippen molar-refractivity contribution in [2.75, 3.05) is 13.2 Å². The number of halogens is 6. The number of rotatable bonds is 4. The van der Waals surface area contributed by atoms with Crippen LogP contribution >= 0.6 is 0 Å². The Morgan fingerprint density at radius 3 is 1.89 bits per heavy atom. The van der Waals surface area contributed by atoms with Gasteiger partial charge < -0.3 is 4.74 Å². The zero-order valence-electron chi connectivity index (χ0n) is 9.56. The summed E-state index contributed by atoms with van der Waals surface area (Å²) in [6, 6.07) is 2.84. The van der Waals surface area contributed by atoms with Crippen LogP contribution < -0.4 is 0 Å². The Morgan fingerprint density at radius 2 is 1.58 bits per heavy atom. The van der Waals surface area contributed by atoms with Crippen LogP contribution in [0, 0.1) is 28.1 Å². The summed E-state index contributed by atoms with van der Waals surface area (Å²) >= 11 is 0. The van der Waals surface area contributed by atoms with Gasteiger partial charge in [0.25, 0.3) is 0 Å². The lowest BCUT2D eigenvalue weighted by molar-refractivity contribution is -0.345. The summed E-state index contributed by atoms with van der Waals surface area (Å²) in [5, 5.41) is 16.6. The number of hydrogen-bond donors (Lipinski definition) is 0. The van der Waals surface area contributed by atoms with E-state index in [1.165, 1.54) is 12.1 Å². The van der Waals surface area contributed by atoms with Gasteiger partial charge in [-0.3, -0.25) is 0 Å². The lowest BCUT2D eigenvalue weighted by Gasteiger charge is -2.33. The van der Waals surface area contributed by atoms with Gasteiger partial charge in [0.2, 0.25) is 0 Å². The number of hydrogen-bond acceptors (Lipinski definition) is 3. The molecule has 19 heavy (non-hydrogen) atoms. The van der Waals surface area contributed by atoms with E-state index in [0.717, 1.165) is 0 Å². The van der Waals surface area contributed by atoms with Crippen LogP contribution in [0.1, 0.15) is 6.92 Å². The molecular weight excluding hydrogens is 278 g/mol. The average molecular weight is 286 g/mol. The molecule has 0 fully saturated rings. The first kappa shape index (κ1) is 17.3. The quantitative estimate of drug-likeness (QED) is 0.589. The third kappa shape index (κ3) is 4.14. The number of nitrogens with zero attached hydrogens (tertiary/aromatic N) is 2. The van der Waals surface area contributed by atoms with Crippen LogP contribution in [0.2, 0.25) is 0 Å². The van der Waals surface area contributed by atoms with E-state index < -0.39 is 31.0 Å². The molecule has 0 N–H and O–H groups in total. The Morgan fingerprint density at radius 1 is 1.11 bits per heavy atom. The fourth-order valence-corrected chi connectivity index (χ4v) is 0.874. The fourth-order valence-electron chi connectivity index (χ4n) is 0.874. The average Bonchev–Trinajstić information content (AvgIpc) is 2.24. The van der Waals surface area contributed by atoms with E-state index in [1.54, 1.807) is 0 Å². The predicted octanol–water partition coefficient (Wildman–Crippen LogP) is 3.11. The second-order valence-electron chi connectivity index (χ2n) is 3.73. The summed E-state index contributed by atoms with van der Waals surface area (Å²) in [5.74, 6) is 0. The van der Waals surface area contributed by atoms with E-state index >= 15 is 0 Å². The fraction of sp³-hybridized carbons (Fsp3) is 0.600. The molecule has 106 valence electrons. The predicted molar refractivity (Wildman–Crippen MR) is 50.3 cm³/mol. The first-order chi connectivity index (χ1) is 8.49. The highest BCUT2D eigenvalue weighted by Gasteiger charge is 2.67. The molecule has 0 bridgehead atoms. The minimum atomic E-state index is -5.54. The lowest BCUT2D eigenvalue weighted by Crippen LogP contribution is -2.51. The van der Waals surface area contributed by atoms with Crippen LogP contribution in [0.5, 0.6) is 0 Å². The monoisotopic (exact) mass is 286 g/mol. The summed E-state index contributed by atoms with van der Waals surface area (Å²) in [6.07, 6.45) is -10.4. The molecule has 0 radical (unpaired) electrons. The maximum atomic E-state index is 12.4. The van der Waals surface area contributed by atoms with Crippen molar-refractivity contribution in [1.29, 1.82) is 10.5 Å². The van der Waals surface area contributed by atoms with Crippen molar-refractivity contribution in [3.8, 4) is 12.1 Å². The van der Waals surface area contributed by atoms with Crippen molar-refractivity contribution in [2.45, 2.75) is 19.3 Å². The smallest absolute Gasteiger partial charge is 0.375 e. The van der Waals surface area contributed by atoms with Gasteiger partial charge in [0.15, 0.2) is 5.41 Å². The molecule has 0 saturated heterocycles. The molecule has 0 atom stereocenters. The van der Waals surface area contributed by atoms with E-state index in [1.807, 2.05) is 0 Å². The van der Waals surface area contributed by atoms with Crippen LogP contribution in [-0.4, -0.2) is 25.6 Å².